The molecule has 2 unspecified atom stereocenters. The van der Waals surface area contributed by atoms with Crippen LogP contribution in [0.1, 0.15) is 42.7 Å². The van der Waals surface area contributed by atoms with Crippen LogP contribution in [0.2, 0.25) is 0 Å². The Morgan fingerprint density at radius 3 is 2.71 bits per heavy atom. The second kappa shape index (κ2) is 2.96. The molecule has 2 bridgehead atoms. The SMILES string of the molecule is CC1=C(Br)CC2CC1c1ccccc12. The van der Waals surface area contributed by atoms with Gasteiger partial charge in [-0.25, -0.2) is 0 Å². The molecule has 14 heavy (non-hydrogen) atoms. The van der Waals surface area contributed by atoms with Crippen molar-refractivity contribution in [3.8, 4) is 0 Å². The average molecular weight is 249 g/mol. The maximum atomic E-state index is 3.71. The monoisotopic (exact) mass is 248 g/mol. The maximum Gasteiger partial charge on any atom is 0.00651 e. The summed E-state index contributed by atoms with van der Waals surface area (Å²) < 4.78 is 1.44. The molecule has 0 aromatic heterocycles. The van der Waals surface area contributed by atoms with Crippen LogP contribution in [0.25, 0.3) is 0 Å². The Balaban J connectivity index is 2.19. The minimum absolute atomic E-state index is 0.694. The lowest BCUT2D eigenvalue weighted by atomic mass is 9.87. The third-order valence-corrected chi connectivity index (χ3v) is 4.66. The molecule has 72 valence electrons. The van der Waals surface area contributed by atoms with E-state index in [0.717, 1.165) is 5.92 Å². The molecule has 0 spiro atoms. The summed E-state index contributed by atoms with van der Waals surface area (Å²) in [4.78, 5) is 0. The van der Waals surface area contributed by atoms with E-state index in [9.17, 15) is 0 Å². The average Bonchev–Trinajstić information content (AvgIpc) is 2.52. The minimum atomic E-state index is 0.694. The molecule has 0 heterocycles. The van der Waals surface area contributed by atoms with Crippen LogP contribution in [0.15, 0.2) is 34.3 Å². The van der Waals surface area contributed by atoms with Gasteiger partial charge in [0.1, 0.15) is 0 Å². The maximum absolute atomic E-state index is 3.71. The van der Waals surface area contributed by atoms with E-state index in [0.29, 0.717) is 5.92 Å². The van der Waals surface area contributed by atoms with Gasteiger partial charge in [0.05, 0.1) is 0 Å². The van der Waals surface area contributed by atoms with Crippen LogP contribution < -0.4 is 0 Å². The van der Waals surface area contributed by atoms with Crippen LogP contribution in [0, 0.1) is 0 Å². The summed E-state index contributed by atoms with van der Waals surface area (Å²) >= 11 is 3.71. The molecule has 0 amide bonds. The molecule has 0 fully saturated rings. The first-order valence-corrected chi connectivity index (χ1v) is 6.00. The van der Waals surface area contributed by atoms with Crippen molar-refractivity contribution in [1.29, 1.82) is 0 Å². The van der Waals surface area contributed by atoms with Crippen LogP contribution in [0.5, 0.6) is 0 Å². The smallest absolute Gasteiger partial charge is 0.00651 e. The number of halogens is 1. The largest absolute Gasteiger partial charge is 0.0620 e. The lowest BCUT2D eigenvalue weighted by molar-refractivity contribution is 0.599. The second-order valence-electron chi connectivity index (χ2n) is 4.41. The van der Waals surface area contributed by atoms with Crippen molar-refractivity contribution in [3.63, 3.8) is 0 Å². The molecule has 2 aliphatic carbocycles. The third kappa shape index (κ3) is 1.05. The first kappa shape index (κ1) is 8.72. The quantitative estimate of drug-likeness (QED) is 0.642. The fourth-order valence-corrected chi connectivity index (χ4v) is 3.58. The Morgan fingerprint density at radius 1 is 1.21 bits per heavy atom. The summed E-state index contributed by atoms with van der Waals surface area (Å²) in [7, 11) is 0. The van der Waals surface area contributed by atoms with Crippen LogP contribution in [-0.2, 0) is 0 Å². The lowest BCUT2D eigenvalue weighted by Gasteiger charge is -2.21. The molecular weight excluding hydrogens is 236 g/mol. The van der Waals surface area contributed by atoms with Crippen molar-refractivity contribution < 1.29 is 0 Å². The van der Waals surface area contributed by atoms with Crippen molar-refractivity contribution >= 4 is 15.9 Å². The standard InChI is InChI=1S/C13H13Br/c1-8-12-6-9(7-13(8)14)10-4-2-3-5-11(10)12/h2-5,9,12H,6-7H2,1H3. The third-order valence-electron chi connectivity index (χ3n) is 3.71. The predicted molar refractivity (Wildman–Crippen MR) is 62.8 cm³/mol. The molecule has 0 radical (unpaired) electrons. The predicted octanol–water partition coefficient (Wildman–Crippen LogP) is 4.33. The molecule has 0 saturated carbocycles. The van der Waals surface area contributed by atoms with Crippen molar-refractivity contribution in [2.24, 2.45) is 0 Å². The first-order chi connectivity index (χ1) is 6.77. The van der Waals surface area contributed by atoms with Crippen LogP contribution >= 0.6 is 15.9 Å². The van der Waals surface area contributed by atoms with Gasteiger partial charge < -0.3 is 0 Å². The zero-order valence-electron chi connectivity index (χ0n) is 8.26. The molecule has 1 aromatic carbocycles. The molecule has 0 saturated heterocycles. The van der Waals surface area contributed by atoms with Gasteiger partial charge in [0, 0.05) is 5.92 Å². The van der Waals surface area contributed by atoms with Gasteiger partial charge in [-0.1, -0.05) is 45.8 Å². The zero-order valence-corrected chi connectivity index (χ0v) is 9.84. The molecular formula is C13H13Br. The molecule has 0 aliphatic heterocycles. The summed E-state index contributed by atoms with van der Waals surface area (Å²) in [6, 6.07) is 8.94. The van der Waals surface area contributed by atoms with Crippen molar-refractivity contribution in [2.75, 3.05) is 0 Å². The number of fused-ring (bicyclic) bond motifs is 5. The Kier molecular flexibility index (Phi) is 1.85. The molecule has 0 N–H and O–H groups in total. The van der Waals surface area contributed by atoms with E-state index in [2.05, 4.69) is 47.1 Å². The summed E-state index contributed by atoms with van der Waals surface area (Å²) in [5.74, 6) is 1.47. The summed E-state index contributed by atoms with van der Waals surface area (Å²) in [5.41, 5.74) is 4.71. The lowest BCUT2D eigenvalue weighted by Crippen LogP contribution is -2.04. The van der Waals surface area contributed by atoms with Gasteiger partial charge in [0.15, 0.2) is 0 Å². The van der Waals surface area contributed by atoms with E-state index >= 15 is 0 Å². The van der Waals surface area contributed by atoms with E-state index in [1.54, 1.807) is 16.7 Å². The van der Waals surface area contributed by atoms with Crippen LogP contribution in [-0.4, -0.2) is 0 Å². The minimum Gasteiger partial charge on any atom is -0.0620 e. The van der Waals surface area contributed by atoms with Gasteiger partial charge in [-0.15, -0.1) is 0 Å². The summed E-state index contributed by atoms with van der Waals surface area (Å²) in [6.45, 7) is 2.27. The summed E-state index contributed by atoms with van der Waals surface area (Å²) in [5, 5.41) is 0. The number of hydrogen-bond acceptors (Lipinski definition) is 0. The van der Waals surface area contributed by atoms with Crippen molar-refractivity contribution in [2.45, 2.75) is 31.6 Å². The highest BCUT2D eigenvalue weighted by Gasteiger charge is 2.36. The van der Waals surface area contributed by atoms with Gasteiger partial charge in [-0.2, -0.15) is 0 Å². The van der Waals surface area contributed by atoms with E-state index in [4.69, 9.17) is 0 Å². The van der Waals surface area contributed by atoms with E-state index < -0.39 is 0 Å². The molecule has 2 atom stereocenters. The van der Waals surface area contributed by atoms with Gasteiger partial charge >= 0.3 is 0 Å². The highest BCUT2D eigenvalue weighted by molar-refractivity contribution is 9.11. The molecule has 1 aromatic rings. The highest BCUT2D eigenvalue weighted by atomic mass is 79.9. The normalized spacial score (nSPS) is 29.3. The number of allylic oxidation sites excluding steroid dienone is 2. The first-order valence-electron chi connectivity index (χ1n) is 5.21. The fraction of sp³-hybridized carbons (Fsp3) is 0.385. The second-order valence-corrected chi connectivity index (χ2v) is 5.36. The van der Waals surface area contributed by atoms with Crippen LogP contribution in [0.4, 0.5) is 0 Å². The Bertz CT molecular complexity index is 417. The van der Waals surface area contributed by atoms with Crippen LogP contribution in [0.3, 0.4) is 0 Å². The molecule has 2 aliphatic rings. The Hall–Kier alpha value is -0.560. The van der Waals surface area contributed by atoms with E-state index in [1.165, 1.54) is 17.3 Å². The number of benzene rings is 1. The van der Waals surface area contributed by atoms with E-state index in [-0.39, 0.29) is 0 Å². The van der Waals surface area contributed by atoms with Gasteiger partial charge in [-0.05, 0) is 41.3 Å². The molecule has 0 nitrogen and oxygen atoms in total. The van der Waals surface area contributed by atoms with E-state index in [1.807, 2.05) is 0 Å². The van der Waals surface area contributed by atoms with Crippen molar-refractivity contribution in [1.82, 2.24) is 0 Å². The summed E-state index contributed by atoms with van der Waals surface area (Å²) in [6.07, 6.45) is 2.54. The Labute approximate surface area is 93.2 Å². The number of hydrogen-bond donors (Lipinski definition) is 0. The van der Waals surface area contributed by atoms with Gasteiger partial charge in [0.2, 0.25) is 0 Å². The Morgan fingerprint density at radius 2 is 1.93 bits per heavy atom. The van der Waals surface area contributed by atoms with Gasteiger partial charge in [-0.3, -0.25) is 0 Å². The zero-order chi connectivity index (χ0) is 9.71. The topological polar surface area (TPSA) is 0 Å². The molecule has 1 heteroatoms. The molecule has 3 rings (SSSR count). The van der Waals surface area contributed by atoms with Gasteiger partial charge in [0.25, 0.3) is 0 Å². The number of rotatable bonds is 0. The highest BCUT2D eigenvalue weighted by Crippen LogP contribution is 2.53. The fourth-order valence-electron chi connectivity index (χ4n) is 2.91. The van der Waals surface area contributed by atoms with Crippen molar-refractivity contribution in [3.05, 3.63) is 45.4 Å².